The van der Waals surface area contributed by atoms with E-state index in [9.17, 15) is 14.4 Å². The van der Waals surface area contributed by atoms with Crippen molar-refractivity contribution in [1.82, 2.24) is 15.1 Å². The standard InChI is InChI=1S/C21H29N3O4/c1-4-16-8-6-7-13-23(16)18(25)14-24-19(26)21(5-2,22-20(24)27)15-9-11-17(28-3)12-10-15/h9-12,16H,4-8,13-14H2,1-3H3,(H,22,27)/t16-,21+/m1/s1. The summed E-state index contributed by atoms with van der Waals surface area (Å²) in [6.07, 6.45) is 4.34. The number of rotatable bonds is 6. The predicted octanol–water partition coefficient (Wildman–Crippen LogP) is 2.64. The van der Waals surface area contributed by atoms with E-state index in [2.05, 4.69) is 12.2 Å². The summed E-state index contributed by atoms with van der Waals surface area (Å²) < 4.78 is 5.18. The van der Waals surface area contributed by atoms with Gasteiger partial charge < -0.3 is 15.0 Å². The number of imide groups is 1. The lowest BCUT2D eigenvalue weighted by atomic mass is 9.87. The van der Waals surface area contributed by atoms with E-state index in [1.807, 2.05) is 11.8 Å². The first-order valence-electron chi connectivity index (χ1n) is 10.0. The van der Waals surface area contributed by atoms with Crippen molar-refractivity contribution in [2.45, 2.75) is 57.5 Å². The molecular formula is C21H29N3O4. The highest BCUT2D eigenvalue weighted by Crippen LogP contribution is 2.33. The van der Waals surface area contributed by atoms with E-state index in [0.717, 1.165) is 30.6 Å². The molecule has 3 rings (SSSR count). The van der Waals surface area contributed by atoms with Crippen LogP contribution in [0.15, 0.2) is 24.3 Å². The summed E-state index contributed by atoms with van der Waals surface area (Å²) in [4.78, 5) is 41.6. The predicted molar refractivity (Wildman–Crippen MR) is 105 cm³/mol. The normalized spacial score (nSPS) is 25.0. The second kappa shape index (κ2) is 8.20. The van der Waals surface area contributed by atoms with Gasteiger partial charge in [-0.1, -0.05) is 26.0 Å². The van der Waals surface area contributed by atoms with Crippen molar-refractivity contribution in [1.29, 1.82) is 0 Å². The number of carbonyl (C=O) groups excluding carboxylic acids is 3. The molecule has 0 bridgehead atoms. The first-order valence-corrected chi connectivity index (χ1v) is 10.0. The van der Waals surface area contributed by atoms with E-state index in [-0.39, 0.29) is 24.4 Å². The van der Waals surface area contributed by atoms with Crippen LogP contribution in [0, 0.1) is 0 Å². The minimum atomic E-state index is -1.14. The van der Waals surface area contributed by atoms with Crippen LogP contribution < -0.4 is 10.1 Å². The molecule has 152 valence electrons. The van der Waals surface area contributed by atoms with E-state index in [0.29, 0.717) is 24.3 Å². The van der Waals surface area contributed by atoms with Crippen molar-refractivity contribution in [3.8, 4) is 5.75 Å². The van der Waals surface area contributed by atoms with Crippen molar-refractivity contribution < 1.29 is 19.1 Å². The molecule has 7 nitrogen and oxygen atoms in total. The van der Waals surface area contributed by atoms with Gasteiger partial charge in [0, 0.05) is 12.6 Å². The molecule has 2 atom stereocenters. The topological polar surface area (TPSA) is 79.0 Å². The van der Waals surface area contributed by atoms with Gasteiger partial charge in [0.05, 0.1) is 7.11 Å². The number of benzene rings is 1. The van der Waals surface area contributed by atoms with Crippen LogP contribution in [0.1, 0.15) is 51.5 Å². The number of nitrogens with zero attached hydrogens (tertiary/aromatic N) is 2. The third kappa shape index (κ3) is 3.45. The van der Waals surface area contributed by atoms with Crippen molar-refractivity contribution in [3.05, 3.63) is 29.8 Å². The molecule has 7 heteroatoms. The first kappa shape index (κ1) is 20.2. The van der Waals surface area contributed by atoms with Crippen LogP contribution in [-0.4, -0.2) is 53.9 Å². The Hall–Kier alpha value is -2.57. The number of urea groups is 1. The number of methoxy groups -OCH3 is 1. The molecule has 28 heavy (non-hydrogen) atoms. The summed E-state index contributed by atoms with van der Waals surface area (Å²) in [5.41, 5.74) is -0.455. The van der Waals surface area contributed by atoms with Crippen LogP contribution in [0.4, 0.5) is 4.79 Å². The monoisotopic (exact) mass is 387 g/mol. The second-order valence-electron chi connectivity index (χ2n) is 7.45. The van der Waals surface area contributed by atoms with Crippen LogP contribution in [0.3, 0.4) is 0 Å². The highest BCUT2D eigenvalue weighted by molar-refractivity contribution is 6.09. The SMILES string of the molecule is CC[C@@H]1CCCCN1C(=O)CN1C(=O)N[C@@](CC)(c2ccc(OC)cc2)C1=O. The van der Waals surface area contributed by atoms with Crippen molar-refractivity contribution in [3.63, 3.8) is 0 Å². The molecule has 2 saturated heterocycles. The molecule has 2 fully saturated rings. The van der Waals surface area contributed by atoms with Gasteiger partial charge in [-0.15, -0.1) is 0 Å². The minimum absolute atomic E-state index is 0.156. The van der Waals surface area contributed by atoms with Gasteiger partial charge in [-0.2, -0.15) is 0 Å². The van der Waals surface area contributed by atoms with Gasteiger partial charge >= 0.3 is 6.03 Å². The highest BCUT2D eigenvalue weighted by Gasteiger charge is 2.52. The van der Waals surface area contributed by atoms with Gasteiger partial charge in [-0.05, 0) is 49.8 Å². The highest BCUT2D eigenvalue weighted by atomic mass is 16.5. The Labute approximate surface area is 166 Å². The first-order chi connectivity index (χ1) is 13.5. The van der Waals surface area contributed by atoms with E-state index in [1.54, 1.807) is 31.4 Å². The second-order valence-corrected chi connectivity index (χ2v) is 7.45. The van der Waals surface area contributed by atoms with E-state index >= 15 is 0 Å². The zero-order valence-electron chi connectivity index (χ0n) is 16.9. The summed E-state index contributed by atoms with van der Waals surface area (Å²) in [5, 5.41) is 2.83. The largest absolute Gasteiger partial charge is 0.497 e. The fourth-order valence-electron chi connectivity index (χ4n) is 4.26. The lowest BCUT2D eigenvalue weighted by molar-refractivity contribution is -0.141. The summed E-state index contributed by atoms with van der Waals surface area (Å²) in [7, 11) is 1.57. The van der Waals surface area contributed by atoms with Crippen molar-refractivity contribution in [2.75, 3.05) is 20.2 Å². The third-order valence-electron chi connectivity index (χ3n) is 6.00. The van der Waals surface area contributed by atoms with Crippen LogP contribution in [0.2, 0.25) is 0 Å². The zero-order valence-corrected chi connectivity index (χ0v) is 16.9. The lowest BCUT2D eigenvalue weighted by Crippen LogP contribution is -2.49. The summed E-state index contributed by atoms with van der Waals surface area (Å²) in [6.45, 7) is 4.40. The van der Waals surface area contributed by atoms with Gasteiger partial charge in [-0.3, -0.25) is 14.5 Å². The van der Waals surface area contributed by atoms with E-state index < -0.39 is 11.6 Å². The molecule has 4 amide bonds. The molecule has 0 radical (unpaired) electrons. The molecule has 0 spiro atoms. The Morgan fingerprint density at radius 1 is 1.21 bits per heavy atom. The molecule has 0 aliphatic carbocycles. The molecule has 1 aromatic carbocycles. The summed E-state index contributed by atoms with van der Waals surface area (Å²) >= 11 is 0. The number of carbonyl (C=O) groups is 3. The maximum Gasteiger partial charge on any atom is 0.325 e. The quantitative estimate of drug-likeness (QED) is 0.761. The summed E-state index contributed by atoms with van der Waals surface area (Å²) in [6, 6.07) is 6.77. The molecule has 1 N–H and O–H groups in total. The fourth-order valence-corrected chi connectivity index (χ4v) is 4.26. The Bertz CT molecular complexity index is 749. The van der Waals surface area contributed by atoms with Crippen LogP contribution in [-0.2, 0) is 15.1 Å². The number of hydrogen-bond acceptors (Lipinski definition) is 4. The Balaban J connectivity index is 1.80. The molecule has 2 heterocycles. The average molecular weight is 387 g/mol. The van der Waals surface area contributed by atoms with Crippen molar-refractivity contribution >= 4 is 17.8 Å². The van der Waals surface area contributed by atoms with Gasteiger partial charge in [0.15, 0.2) is 0 Å². The number of likely N-dealkylation sites (tertiary alicyclic amines) is 1. The average Bonchev–Trinajstić information content (AvgIpc) is 2.98. The summed E-state index contributed by atoms with van der Waals surface area (Å²) in [5.74, 6) is 0.148. The molecular weight excluding hydrogens is 358 g/mol. The van der Waals surface area contributed by atoms with E-state index in [4.69, 9.17) is 4.74 Å². The van der Waals surface area contributed by atoms with Crippen LogP contribution in [0.5, 0.6) is 5.75 Å². The van der Waals surface area contributed by atoms with Gasteiger partial charge in [0.1, 0.15) is 17.8 Å². The van der Waals surface area contributed by atoms with Crippen molar-refractivity contribution in [2.24, 2.45) is 0 Å². The van der Waals surface area contributed by atoms with E-state index in [1.165, 1.54) is 0 Å². The fraction of sp³-hybridized carbons (Fsp3) is 0.571. The zero-order chi connectivity index (χ0) is 20.3. The Kier molecular flexibility index (Phi) is 5.91. The molecule has 0 aromatic heterocycles. The number of amides is 4. The maximum absolute atomic E-state index is 13.2. The number of nitrogens with one attached hydrogen (secondary N) is 1. The number of hydrogen-bond donors (Lipinski definition) is 1. The van der Waals surface area contributed by atoms with Gasteiger partial charge in [0.2, 0.25) is 5.91 Å². The molecule has 0 unspecified atom stereocenters. The number of piperidine rings is 1. The maximum atomic E-state index is 13.2. The molecule has 1 aromatic rings. The smallest absolute Gasteiger partial charge is 0.325 e. The molecule has 0 saturated carbocycles. The molecule has 2 aliphatic rings. The van der Waals surface area contributed by atoms with Gasteiger partial charge in [-0.25, -0.2) is 4.79 Å². The molecule has 2 aliphatic heterocycles. The Morgan fingerprint density at radius 3 is 2.54 bits per heavy atom. The van der Waals surface area contributed by atoms with Crippen LogP contribution in [0.25, 0.3) is 0 Å². The third-order valence-corrected chi connectivity index (χ3v) is 6.00. The minimum Gasteiger partial charge on any atom is -0.497 e. The van der Waals surface area contributed by atoms with Crippen LogP contribution >= 0.6 is 0 Å². The Morgan fingerprint density at radius 2 is 1.93 bits per heavy atom. The number of ether oxygens (including phenoxy) is 1. The lowest BCUT2D eigenvalue weighted by Gasteiger charge is -2.36. The van der Waals surface area contributed by atoms with Gasteiger partial charge in [0.25, 0.3) is 5.91 Å².